The van der Waals surface area contributed by atoms with Crippen molar-refractivity contribution in [3.05, 3.63) is 99.2 Å². The van der Waals surface area contributed by atoms with Gasteiger partial charge in [-0.15, -0.1) is 0 Å². The molecular formula is C25H18BrNO5. The van der Waals surface area contributed by atoms with Crippen LogP contribution in [0.3, 0.4) is 0 Å². The summed E-state index contributed by atoms with van der Waals surface area (Å²) >= 11 is 3.41. The van der Waals surface area contributed by atoms with Gasteiger partial charge in [0.2, 0.25) is 5.90 Å². The van der Waals surface area contributed by atoms with Crippen LogP contribution < -0.4 is 9.47 Å². The standard InChI is InChI=1S/C25H18BrNO5/c1-15-3-5-17(6-4-15)24(28)31-22-12-9-19(26)13-18(22)14-21-25(29)32-23(27-21)16-7-10-20(30-2)11-8-16/h3-14H,1-2H3/b21-14+. The molecule has 0 amide bonds. The number of hydrogen-bond donors (Lipinski definition) is 0. The number of aliphatic imine (C=N–C) groups is 1. The highest BCUT2D eigenvalue weighted by Crippen LogP contribution is 2.29. The average Bonchev–Trinajstić information content (AvgIpc) is 3.16. The van der Waals surface area contributed by atoms with Crippen molar-refractivity contribution in [2.45, 2.75) is 6.92 Å². The molecule has 7 heteroatoms. The molecule has 0 aromatic heterocycles. The van der Waals surface area contributed by atoms with Crippen molar-refractivity contribution < 1.29 is 23.8 Å². The number of methoxy groups -OCH3 is 1. The summed E-state index contributed by atoms with van der Waals surface area (Å²) in [5.74, 6) is 0.0860. The molecule has 0 fully saturated rings. The van der Waals surface area contributed by atoms with Gasteiger partial charge in [0.1, 0.15) is 11.5 Å². The molecule has 0 spiro atoms. The SMILES string of the molecule is COc1ccc(C2=N/C(=C/c3cc(Br)ccc3OC(=O)c3ccc(C)cc3)C(=O)O2)cc1. The van der Waals surface area contributed by atoms with E-state index in [2.05, 4.69) is 20.9 Å². The highest BCUT2D eigenvalue weighted by atomic mass is 79.9. The molecule has 160 valence electrons. The minimum atomic E-state index is -0.591. The number of rotatable bonds is 5. The molecule has 1 aliphatic rings. The van der Waals surface area contributed by atoms with Gasteiger partial charge >= 0.3 is 11.9 Å². The number of nitrogens with zero attached hydrogens (tertiary/aromatic N) is 1. The first-order chi connectivity index (χ1) is 15.4. The molecule has 6 nitrogen and oxygen atoms in total. The highest BCUT2D eigenvalue weighted by Gasteiger charge is 2.25. The van der Waals surface area contributed by atoms with Crippen molar-refractivity contribution >= 4 is 39.8 Å². The fraction of sp³-hybridized carbons (Fsp3) is 0.0800. The molecule has 32 heavy (non-hydrogen) atoms. The van der Waals surface area contributed by atoms with E-state index in [4.69, 9.17) is 14.2 Å². The van der Waals surface area contributed by atoms with Gasteiger partial charge in [-0.2, -0.15) is 0 Å². The fourth-order valence-corrected chi connectivity index (χ4v) is 3.37. The topological polar surface area (TPSA) is 74.2 Å². The first kappa shape index (κ1) is 21.5. The summed E-state index contributed by atoms with van der Waals surface area (Å²) in [6, 6.07) is 19.2. The number of carbonyl (C=O) groups is 2. The zero-order chi connectivity index (χ0) is 22.7. The van der Waals surface area contributed by atoms with E-state index in [0.29, 0.717) is 28.2 Å². The van der Waals surface area contributed by atoms with Crippen molar-refractivity contribution in [2.24, 2.45) is 4.99 Å². The zero-order valence-electron chi connectivity index (χ0n) is 17.3. The lowest BCUT2D eigenvalue weighted by Gasteiger charge is -2.08. The normalized spacial score (nSPS) is 14.2. The van der Waals surface area contributed by atoms with Crippen LogP contribution in [0.2, 0.25) is 0 Å². The molecule has 1 heterocycles. The van der Waals surface area contributed by atoms with Gasteiger partial charge < -0.3 is 14.2 Å². The highest BCUT2D eigenvalue weighted by molar-refractivity contribution is 9.10. The van der Waals surface area contributed by atoms with Crippen molar-refractivity contribution in [2.75, 3.05) is 7.11 Å². The number of carbonyl (C=O) groups excluding carboxylic acids is 2. The maximum absolute atomic E-state index is 12.6. The second-order valence-electron chi connectivity index (χ2n) is 7.00. The molecule has 0 N–H and O–H groups in total. The quantitative estimate of drug-likeness (QED) is 0.274. The maximum atomic E-state index is 12.6. The Morgan fingerprint density at radius 3 is 2.44 bits per heavy atom. The number of cyclic esters (lactones) is 1. The fourth-order valence-electron chi connectivity index (χ4n) is 2.99. The molecule has 4 rings (SSSR count). The van der Waals surface area contributed by atoms with Crippen molar-refractivity contribution in [3.8, 4) is 11.5 Å². The number of halogens is 1. The smallest absolute Gasteiger partial charge is 0.363 e. The Labute approximate surface area is 193 Å². The Balaban J connectivity index is 1.63. The first-order valence-electron chi connectivity index (χ1n) is 9.68. The Morgan fingerprint density at radius 2 is 1.75 bits per heavy atom. The van der Waals surface area contributed by atoms with Gasteiger partial charge in [-0.25, -0.2) is 14.6 Å². The largest absolute Gasteiger partial charge is 0.497 e. The van der Waals surface area contributed by atoms with E-state index < -0.39 is 11.9 Å². The van der Waals surface area contributed by atoms with Crippen molar-refractivity contribution in [1.82, 2.24) is 0 Å². The Kier molecular flexibility index (Phi) is 6.18. The van der Waals surface area contributed by atoms with Crippen molar-refractivity contribution in [1.29, 1.82) is 0 Å². The third-order valence-corrected chi connectivity index (χ3v) is 5.20. The molecule has 1 aliphatic heterocycles. The summed E-state index contributed by atoms with van der Waals surface area (Å²) in [6.07, 6.45) is 1.53. The third kappa shape index (κ3) is 4.78. The Hall–Kier alpha value is -3.71. The van der Waals surface area contributed by atoms with E-state index in [-0.39, 0.29) is 11.6 Å². The van der Waals surface area contributed by atoms with E-state index in [0.717, 1.165) is 10.0 Å². The molecule has 0 aliphatic carbocycles. The lowest BCUT2D eigenvalue weighted by Crippen LogP contribution is -2.09. The molecule has 0 saturated carbocycles. The van der Waals surface area contributed by atoms with Crippen LogP contribution >= 0.6 is 15.9 Å². The molecule has 0 bridgehead atoms. The monoisotopic (exact) mass is 491 g/mol. The number of aryl methyl sites for hydroxylation is 1. The summed E-state index contributed by atoms with van der Waals surface area (Å²) in [4.78, 5) is 29.3. The second kappa shape index (κ2) is 9.20. The van der Waals surface area contributed by atoms with E-state index in [1.54, 1.807) is 61.7 Å². The summed E-state index contributed by atoms with van der Waals surface area (Å²) in [5.41, 5.74) is 2.72. The second-order valence-corrected chi connectivity index (χ2v) is 7.92. The summed E-state index contributed by atoms with van der Waals surface area (Å²) in [7, 11) is 1.57. The van der Waals surface area contributed by atoms with Gasteiger partial charge in [-0.3, -0.25) is 0 Å². The van der Waals surface area contributed by atoms with Crippen LogP contribution in [0.15, 0.2) is 81.9 Å². The van der Waals surface area contributed by atoms with Gasteiger partial charge in [0.25, 0.3) is 0 Å². The molecule has 0 atom stereocenters. The van der Waals surface area contributed by atoms with Gasteiger partial charge in [0.15, 0.2) is 5.70 Å². The summed E-state index contributed by atoms with van der Waals surface area (Å²) in [6.45, 7) is 1.94. The number of ether oxygens (including phenoxy) is 3. The number of hydrogen-bond acceptors (Lipinski definition) is 6. The van der Waals surface area contributed by atoms with E-state index in [1.165, 1.54) is 6.08 Å². The lowest BCUT2D eigenvalue weighted by atomic mass is 10.1. The number of esters is 2. The van der Waals surface area contributed by atoms with Gasteiger partial charge in [-0.1, -0.05) is 33.6 Å². The van der Waals surface area contributed by atoms with Crippen LogP contribution in [0.5, 0.6) is 11.5 Å². The zero-order valence-corrected chi connectivity index (χ0v) is 18.9. The van der Waals surface area contributed by atoms with Crippen LogP contribution in [0.1, 0.15) is 27.0 Å². The minimum Gasteiger partial charge on any atom is -0.497 e. The van der Waals surface area contributed by atoms with Gasteiger partial charge in [0, 0.05) is 15.6 Å². The van der Waals surface area contributed by atoms with E-state index >= 15 is 0 Å². The van der Waals surface area contributed by atoms with E-state index in [1.807, 2.05) is 19.1 Å². The average molecular weight is 492 g/mol. The Morgan fingerprint density at radius 1 is 1.03 bits per heavy atom. The molecule has 3 aromatic carbocycles. The molecule has 3 aromatic rings. The van der Waals surface area contributed by atoms with Crippen LogP contribution in [-0.4, -0.2) is 24.9 Å². The van der Waals surface area contributed by atoms with Crippen LogP contribution in [0.25, 0.3) is 6.08 Å². The molecule has 0 unspecified atom stereocenters. The van der Waals surface area contributed by atoms with Gasteiger partial charge in [0.05, 0.1) is 12.7 Å². The van der Waals surface area contributed by atoms with Crippen LogP contribution in [0.4, 0.5) is 0 Å². The minimum absolute atomic E-state index is 0.0987. The van der Waals surface area contributed by atoms with Gasteiger partial charge in [-0.05, 0) is 67.6 Å². The lowest BCUT2D eigenvalue weighted by molar-refractivity contribution is -0.129. The predicted molar refractivity (Wildman–Crippen MR) is 124 cm³/mol. The summed E-state index contributed by atoms with van der Waals surface area (Å²) in [5, 5.41) is 0. The van der Waals surface area contributed by atoms with Crippen molar-refractivity contribution in [3.63, 3.8) is 0 Å². The molecular weight excluding hydrogens is 474 g/mol. The van der Waals surface area contributed by atoms with Crippen LogP contribution in [0, 0.1) is 6.92 Å². The number of benzene rings is 3. The molecule has 0 saturated heterocycles. The molecule has 0 radical (unpaired) electrons. The maximum Gasteiger partial charge on any atom is 0.363 e. The van der Waals surface area contributed by atoms with E-state index in [9.17, 15) is 9.59 Å². The van der Waals surface area contributed by atoms with Crippen LogP contribution in [-0.2, 0) is 9.53 Å². The Bertz CT molecular complexity index is 1240. The first-order valence-corrected chi connectivity index (χ1v) is 10.5. The summed E-state index contributed by atoms with van der Waals surface area (Å²) < 4.78 is 16.8. The predicted octanol–water partition coefficient (Wildman–Crippen LogP) is 5.33. The third-order valence-electron chi connectivity index (χ3n) is 4.71.